The van der Waals surface area contributed by atoms with Gasteiger partial charge in [-0.25, -0.2) is 4.98 Å². The Kier molecular flexibility index (Phi) is 4.85. The summed E-state index contributed by atoms with van der Waals surface area (Å²) >= 11 is 2.09. The number of aromatic hydroxyl groups is 1. The summed E-state index contributed by atoms with van der Waals surface area (Å²) in [6.07, 6.45) is 0. The summed E-state index contributed by atoms with van der Waals surface area (Å²) in [5.41, 5.74) is 4.81. The first-order valence-corrected chi connectivity index (χ1v) is 9.53. The van der Waals surface area contributed by atoms with Crippen molar-refractivity contribution in [3.63, 3.8) is 0 Å². The number of nitrogens with zero attached hydrogens (tertiary/aromatic N) is 1. The number of hydrogen-bond donors (Lipinski definition) is 2. The van der Waals surface area contributed by atoms with Crippen LogP contribution in [-0.4, -0.2) is 22.2 Å². The largest absolute Gasteiger partial charge is 0.504 e. The molecule has 4 aromatic rings. The van der Waals surface area contributed by atoms with Crippen molar-refractivity contribution in [1.29, 1.82) is 0 Å². The first kappa shape index (κ1) is 17.6. The molecule has 4 rings (SSSR count). The Morgan fingerprint density at radius 2 is 1.52 bits per heavy atom. The van der Waals surface area contributed by atoms with E-state index in [1.165, 1.54) is 0 Å². The van der Waals surface area contributed by atoms with E-state index < -0.39 is 0 Å². The number of hydrogen-bond acceptors (Lipinski definition) is 3. The lowest BCUT2D eigenvalue weighted by Crippen LogP contribution is -1.89. The molecule has 3 aromatic carbocycles. The fraction of sp³-hybridized carbons (Fsp3) is 0.0455. The fourth-order valence-electron chi connectivity index (χ4n) is 2.99. The van der Waals surface area contributed by atoms with E-state index in [2.05, 4.69) is 39.7 Å². The quantitative estimate of drug-likeness (QED) is 0.376. The number of methoxy groups -OCH3 is 1. The molecule has 0 fully saturated rings. The van der Waals surface area contributed by atoms with E-state index in [-0.39, 0.29) is 5.75 Å². The van der Waals surface area contributed by atoms with Crippen molar-refractivity contribution in [3.05, 3.63) is 76.4 Å². The Labute approximate surface area is 171 Å². The average Bonchev–Trinajstić information content (AvgIpc) is 3.17. The lowest BCUT2D eigenvalue weighted by atomic mass is 10.1. The van der Waals surface area contributed by atoms with Crippen molar-refractivity contribution >= 4 is 22.6 Å². The van der Waals surface area contributed by atoms with Gasteiger partial charge in [-0.3, -0.25) is 0 Å². The molecule has 0 radical (unpaired) electrons. The maximum atomic E-state index is 10.1. The minimum absolute atomic E-state index is 0.139. The molecule has 134 valence electrons. The van der Waals surface area contributed by atoms with Crippen LogP contribution in [0.15, 0.2) is 72.8 Å². The van der Waals surface area contributed by atoms with Crippen LogP contribution in [0.1, 0.15) is 0 Å². The zero-order chi connectivity index (χ0) is 18.8. The zero-order valence-electron chi connectivity index (χ0n) is 14.6. The smallest absolute Gasteiger partial charge is 0.171 e. The van der Waals surface area contributed by atoms with E-state index in [0.29, 0.717) is 9.32 Å². The average molecular weight is 468 g/mol. The van der Waals surface area contributed by atoms with Crippen molar-refractivity contribution in [2.24, 2.45) is 0 Å². The lowest BCUT2D eigenvalue weighted by Gasteiger charge is -2.07. The third-order valence-electron chi connectivity index (χ3n) is 4.34. The Hall–Kier alpha value is -2.80. The molecule has 0 bridgehead atoms. The van der Waals surface area contributed by atoms with E-state index in [9.17, 15) is 5.11 Å². The summed E-state index contributed by atoms with van der Waals surface area (Å²) in [4.78, 5) is 8.34. The number of phenolic OH excluding ortho intramolecular Hbond substituents is 1. The summed E-state index contributed by atoms with van der Waals surface area (Å²) in [5, 5.41) is 10.1. The number of nitrogens with one attached hydrogen (secondary N) is 1. The first-order chi connectivity index (χ1) is 13.2. The van der Waals surface area contributed by atoms with Gasteiger partial charge in [0.25, 0.3) is 0 Å². The van der Waals surface area contributed by atoms with Crippen LogP contribution in [0.4, 0.5) is 0 Å². The zero-order valence-corrected chi connectivity index (χ0v) is 16.8. The van der Waals surface area contributed by atoms with Gasteiger partial charge >= 0.3 is 0 Å². The molecular formula is C22H17IN2O2. The molecule has 1 aromatic heterocycles. The summed E-state index contributed by atoms with van der Waals surface area (Å²) in [6, 6.07) is 23.9. The molecule has 0 aliphatic rings. The number of halogens is 1. The Morgan fingerprint density at radius 3 is 2.15 bits per heavy atom. The van der Waals surface area contributed by atoms with Gasteiger partial charge in [0, 0.05) is 16.7 Å². The second-order valence-corrected chi connectivity index (χ2v) is 7.21. The SMILES string of the molecule is COc1cc(-c2nc(-c3ccccc3)c(-c3ccccc3)[nH]2)cc(I)c1O. The van der Waals surface area contributed by atoms with Crippen molar-refractivity contribution < 1.29 is 9.84 Å². The maximum absolute atomic E-state index is 10.1. The molecule has 0 saturated carbocycles. The van der Waals surface area contributed by atoms with Crippen LogP contribution in [0.2, 0.25) is 0 Å². The highest BCUT2D eigenvalue weighted by molar-refractivity contribution is 14.1. The van der Waals surface area contributed by atoms with Crippen LogP contribution in [0, 0.1) is 3.57 Å². The molecule has 0 aliphatic heterocycles. The maximum Gasteiger partial charge on any atom is 0.171 e. The number of aromatic amines is 1. The predicted molar refractivity (Wildman–Crippen MR) is 116 cm³/mol. The molecule has 0 atom stereocenters. The van der Waals surface area contributed by atoms with Gasteiger partial charge in [0.2, 0.25) is 0 Å². The number of imidazole rings is 1. The monoisotopic (exact) mass is 468 g/mol. The molecule has 0 saturated heterocycles. The van der Waals surface area contributed by atoms with Crippen LogP contribution in [0.3, 0.4) is 0 Å². The molecule has 5 heteroatoms. The Morgan fingerprint density at radius 1 is 0.889 bits per heavy atom. The third kappa shape index (κ3) is 3.42. The van der Waals surface area contributed by atoms with Gasteiger partial charge in [-0.05, 0) is 34.7 Å². The van der Waals surface area contributed by atoms with Crippen LogP contribution < -0.4 is 4.74 Å². The lowest BCUT2D eigenvalue weighted by molar-refractivity contribution is 0.372. The van der Waals surface area contributed by atoms with Gasteiger partial charge in [-0.1, -0.05) is 60.7 Å². The number of H-pyrrole nitrogens is 1. The number of aromatic nitrogens is 2. The van der Waals surface area contributed by atoms with Gasteiger partial charge in [-0.2, -0.15) is 0 Å². The Bertz CT molecular complexity index is 1020. The highest BCUT2D eigenvalue weighted by Crippen LogP contribution is 2.38. The Balaban J connectivity index is 1.92. The van der Waals surface area contributed by atoms with E-state index in [1.807, 2.05) is 54.6 Å². The van der Waals surface area contributed by atoms with Gasteiger partial charge in [0.1, 0.15) is 5.82 Å². The summed E-state index contributed by atoms with van der Waals surface area (Å²) < 4.78 is 6.01. The molecule has 2 N–H and O–H groups in total. The van der Waals surface area contributed by atoms with Crippen LogP contribution in [0.25, 0.3) is 33.9 Å². The van der Waals surface area contributed by atoms with Crippen molar-refractivity contribution in [2.75, 3.05) is 7.11 Å². The van der Waals surface area contributed by atoms with Crippen molar-refractivity contribution in [1.82, 2.24) is 9.97 Å². The van der Waals surface area contributed by atoms with Crippen LogP contribution >= 0.6 is 22.6 Å². The van der Waals surface area contributed by atoms with Crippen molar-refractivity contribution in [3.8, 4) is 45.4 Å². The molecule has 4 nitrogen and oxygen atoms in total. The fourth-order valence-corrected chi connectivity index (χ4v) is 3.60. The third-order valence-corrected chi connectivity index (χ3v) is 5.16. The second kappa shape index (κ2) is 7.44. The van der Waals surface area contributed by atoms with E-state index in [0.717, 1.165) is 33.9 Å². The minimum Gasteiger partial charge on any atom is -0.504 e. The van der Waals surface area contributed by atoms with Gasteiger partial charge < -0.3 is 14.8 Å². The van der Waals surface area contributed by atoms with E-state index in [4.69, 9.17) is 9.72 Å². The van der Waals surface area contributed by atoms with Crippen molar-refractivity contribution in [2.45, 2.75) is 0 Å². The van der Waals surface area contributed by atoms with Gasteiger partial charge in [0.15, 0.2) is 11.5 Å². The first-order valence-electron chi connectivity index (χ1n) is 8.45. The van der Waals surface area contributed by atoms with E-state index in [1.54, 1.807) is 13.2 Å². The van der Waals surface area contributed by atoms with Crippen LogP contribution in [0.5, 0.6) is 11.5 Å². The van der Waals surface area contributed by atoms with Gasteiger partial charge in [0.05, 0.1) is 22.1 Å². The molecule has 27 heavy (non-hydrogen) atoms. The summed E-state index contributed by atoms with van der Waals surface area (Å²) in [6.45, 7) is 0. The molecule has 0 spiro atoms. The van der Waals surface area contributed by atoms with E-state index >= 15 is 0 Å². The molecule has 0 amide bonds. The van der Waals surface area contributed by atoms with Crippen LogP contribution in [-0.2, 0) is 0 Å². The minimum atomic E-state index is 0.139. The number of ether oxygens (including phenoxy) is 1. The summed E-state index contributed by atoms with van der Waals surface area (Å²) in [7, 11) is 1.54. The molecule has 1 heterocycles. The molecule has 0 unspecified atom stereocenters. The standard InChI is InChI=1S/C22H17IN2O2/c1-27-18-13-16(12-17(23)21(18)26)22-24-19(14-8-4-2-5-9-14)20(25-22)15-10-6-3-7-11-15/h2-13,26H,1H3,(H,24,25). The topological polar surface area (TPSA) is 58.1 Å². The van der Waals surface area contributed by atoms with Gasteiger partial charge in [-0.15, -0.1) is 0 Å². The second-order valence-electron chi connectivity index (χ2n) is 6.05. The molecular weight excluding hydrogens is 451 g/mol. The molecule has 0 aliphatic carbocycles. The summed E-state index contributed by atoms with van der Waals surface area (Å²) in [5.74, 6) is 1.29. The number of phenols is 1. The predicted octanol–water partition coefficient (Wildman–Crippen LogP) is 5.73. The number of rotatable bonds is 4. The normalized spacial score (nSPS) is 10.7. The highest BCUT2D eigenvalue weighted by Gasteiger charge is 2.17. The number of benzene rings is 3. The highest BCUT2D eigenvalue weighted by atomic mass is 127.